The molecule has 2 heterocycles. The van der Waals surface area contributed by atoms with Crippen molar-refractivity contribution in [3.8, 4) is 0 Å². The third kappa shape index (κ3) is 2.23. The monoisotopic (exact) mass is 229 g/mol. The van der Waals surface area contributed by atoms with Crippen molar-refractivity contribution in [1.29, 1.82) is 0 Å². The Morgan fingerprint density at radius 1 is 1.53 bits per heavy atom. The zero-order valence-corrected chi connectivity index (χ0v) is 10.3. The summed E-state index contributed by atoms with van der Waals surface area (Å²) in [6.07, 6.45) is 0. The lowest BCUT2D eigenvalue weighted by atomic mass is 10.1. The maximum Gasteiger partial charge on any atom is 0.315 e. The minimum absolute atomic E-state index is 0.00625. The summed E-state index contributed by atoms with van der Waals surface area (Å²) >= 11 is 1.94. The molecule has 1 unspecified atom stereocenters. The van der Waals surface area contributed by atoms with Gasteiger partial charge in [0.2, 0.25) is 0 Å². The van der Waals surface area contributed by atoms with Crippen LogP contribution in [0.15, 0.2) is 0 Å². The van der Waals surface area contributed by atoms with Crippen molar-refractivity contribution in [2.75, 3.05) is 19.3 Å². The van der Waals surface area contributed by atoms with E-state index in [2.05, 4.69) is 36.4 Å². The number of fused-ring (bicyclic) bond motifs is 1. The van der Waals surface area contributed by atoms with E-state index in [-0.39, 0.29) is 12.1 Å². The van der Waals surface area contributed by atoms with Gasteiger partial charge in [-0.3, -0.25) is 4.90 Å². The molecule has 0 spiro atoms. The van der Waals surface area contributed by atoms with E-state index in [4.69, 9.17) is 0 Å². The molecule has 2 N–H and O–H groups in total. The van der Waals surface area contributed by atoms with Crippen LogP contribution in [-0.2, 0) is 0 Å². The van der Waals surface area contributed by atoms with Crippen LogP contribution in [0.5, 0.6) is 0 Å². The average Bonchev–Trinajstić information content (AvgIpc) is 2.60. The van der Waals surface area contributed by atoms with Crippen LogP contribution in [0.4, 0.5) is 4.79 Å². The average molecular weight is 229 g/mol. The Labute approximate surface area is 95.2 Å². The fourth-order valence-corrected chi connectivity index (χ4v) is 3.86. The van der Waals surface area contributed by atoms with E-state index < -0.39 is 0 Å². The van der Waals surface area contributed by atoms with Gasteiger partial charge in [0.15, 0.2) is 0 Å². The minimum Gasteiger partial charge on any atom is -0.332 e. The molecule has 15 heavy (non-hydrogen) atoms. The molecule has 5 heteroatoms. The maximum absolute atomic E-state index is 11.2. The van der Waals surface area contributed by atoms with E-state index in [0.717, 1.165) is 12.3 Å². The lowest BCUT2D eigenvalue weighted by Crippen LogP contribution is -2.46. The quantitative estimate of drug-likeness (QED) is 0.700. The molecule has 0 bridgehead atoms. The molecule has 4 nitrogen and oxygen atoms in total. The van der Waals surface area contributed by atoms with Gasteiger partial charge in [-0.15, -0.1) is 11.8 Å². The number of carbonyl (C=O) groups excluding carboxylic acids is 1. The molecule has 2 aliphatic heterocycles. The van der Waals surface area contributed by atoms with E-state index in [1.54, 1.807) is 0 Å². The second-order valence-corrected chi connectivity index (χ2v) is 5.96. The largest absolute Gasteiger partial charge is 0.332 e. The predicted molar refractivity (Wildman–Crippen MR) is 63.0 cm³/mol. The first-order chi connectivity index (χ1) is 7.08. The van der Waals surface area contributed by atoms with Crippen molar-refractivity contribution < 1.29 is 4.79 Å². The van der Waals surface area contributed by atoms with Gasteiger partial charge in [0.05, 0.1) is 17.5 Å². The Morgan fingerprint density at radius 3 is 2.93 bits per heavy atom. The van der Waals surface area contributed by atoms with Crippen LogP contribution in [0.25, 0.3) is 0 Å². The van der Waals surface area contributed by atoms with E-state index in [0.29, 0.717) is 17.3 Å². The summed E-state index contributed by atoms with van der Waals surface area (Å²) in [4.78, 5) is 13.6. The molecule has 0 radical (unpaired) electrons. The van der Waals surface area contributed by atoms with Crippen LogP contribution in [-0.4, -0.2) is 47.7 Å². The Morgan fingerprint density at radius 2 is 2.27 bits per heavy atom. The molecule has 0 aromatic heterocycles. The second-order valence-electron chi connectivity index (χ2n) is 4.81. The van der Waals surface area contributed by atoms with Gasteiger partial charge >= 0.3 is 6.03 Å². The molecular formula is C10H19N3OS. The van der Waals surface area contributed by atoms with Gasteiger partial charge in [0, 0.05) is 12.3 Å². The van der Waals surface area contributed by atoms with E-state index in [9.17, 15) is 4.79 Å². The topological polar surface area (TPSA) is 44.4 Å². The number of hydrogen-bond acceptors (Lipinski definition) is 3. The SMILES string of the molecule is CC(C)CN(C)C1SC[C@@H]2NC(=O)N[C@H]12. The Bertz CT molecular complexity index is 259. The second kappa shape index (κ2) is 4.22. The first-order valence-electron chi connectivity index (χ1n) is 5.47. The van der Waals surface area contributed by atoms with Gasteiger partial charge < -0.3 is 10.6 Å². The highest BCUT2D eigenvalue weighted by Gasteiger charge is 2.44. The Hall–Kier alpha value is -0.420. The summed E-state index contributed by atoms with van der Waals surface area (Å²) in [5, 5.41) is 6.39. The first-order valence-corrected chi connectivity index (χ1v) is 6.51. The third-order valence-electron chi connectivity index (χ3n) is 2.89. The number of urea groups is 1. The number of likely N-dealkylation sites (N-methyl/N-ethyl adjacent to an activating group) is 1. The summed E-state index contributed by atoms with van der Waals surface area (Å²) in [6, 6.07) is 0.599. The predicted octanol–water partition coefficient (Wildman–Crippen LogP) is 0.697. The summed E-state index contributed by atoms with van der Waals surface area (Å²) in [5.41, 5.74) is 0. The Kier molecular flexibility index (Phi) is 3.11. The number of rotatable bonds is 3. The number of thioether (sulfide) groups is 1. The van der Waals surface area contributed by atoms with Crippen molar-refractivity contribution >= 4 is 17.8 Å². The van der Waals surface area contributed by atoms with Crippen LogP contribution >= 0.6 is 11.8 Å². The lowest BCUT2D eigenvalue weighted by Gasteiger charge is -2.29. The molecule has 86 valence electrons. The van der Waals surface area contributed by atoms with Crippen molar-refractivity contribution in [3.05, 3.63) is 0 Å². The number of amides is 2. The van der Waals surface area contributed by atoms with Gasteiger partial charge in [-0.1, -0.05) is 13.8 Å². The van der Waals surface area contributed by atoms with Crippen molar-refractivity contribution in [1.82, 2.24) is 15.5 Å². The van der Waals surface area contributed by atoms with Crippen LogP contribution in [0.3, 0.4) is 0 Å². The molecule has 2 amide bonds. The van der Waals surface area contributed by atoms with Crippen LogP contribution in [0, 0.1) is 5.92 Å². The summed E-state index contributed by atoms with van der Waals surface area (Å²) < 4.78 is 0. The van der Waals surface area contributed by atoms with Gasteiger partial charge in [-0.25, -0.2) is 4.79 Å². The zero-order valence-electron chi connectivity index (χ0n) is 9.49. The zero-order chi connectivity index (χ0) is 11.0. The minimum atomic E-state index is -0.00625. The van der Waals surface area contributed by atoms with Gasteiger partial charge in [-0.2, -0.15) is 0 Å². The molecule has 3 atom stereocenters. The van der Waals surface area contributed by atoms with Crippen LogP contribution in [0.2, 0.25) is 0 Å². The molecule has 2 saturated heterocycles. The van der Waals surface area contributed by atoms with Crippen LogP contribution in [0.1, 0.15) is 13.8 Å². The summed E-state index contributed by atoms with van der Waals surface area (Å²) in [5.74, 6) is 1.69. The van der Waals surface area contributed by atoms with Crippen molar-refractivity contribution in [3.63, 3.8) is 0 Å². The van der Waals surface area contributed by atoms with Gasteiger partial charge in [0.25, 0.3) is 0 Å². The van der Waals surface area contributed by atoms with Crippen molar-refractivity contribution in [2.24, 2.45) is 5.92 Å². The van der Waals surface area contributed by atoms with Gasteiger partial charge in [-0.05, 0) is 13.0 Å². The highest BCUT2D eigenvalue weighted by molar-refractivity contribution is 8.00. The van der Waals surface area contributed by atoms with Gasteiger partial charge in [0.1, 0.15) is 0 Å². The number of hydrogen-bond donors (Lipinski definition) is 2. The first kappa shape index (κ1) is 11.1. The van der Waals surface area contributed by atoms with Crippen molar-refractivity contribution in [2.45, 2.75) is 31.3 Å². The number of nitrogens with one attached hydrogen (secondary N) is 2. The molecule has 2 fully saturated rings. The lowest BCUT2D eigenvalue weighted by molar-refractivity contribution is 0.237. The summed E-state index contributed by atoms with van der Waals surface area (Å²) in [7, 11) is 2.14. The fraction of sp³-hybridized carbons (Fsp3) is 0.900. The highest BCUT2D eigenvalue weighted by atomic mass is 32.2. The number of carbonyl (C=O) groups is 1. The molecular weight excluding hydrogens is 210 g/mol. The molecule has 0 aromatic carbocycles. The smallest absolute Gasteiger partial charge is 0.315 e. The fourth-order valence-electron chi connectivity index (χ4n) is 2.35. The normalized spacial score (nSPS) is 34.5. The van der Waals surface area contributed by atoms with E-state index in [1.807, 2.05) is 11.8 Å². The molecule has 0 aromatic rings. The maximum atomic E-state index is 11.2. The summed E-state index contributed by atoms with van der Waals surface area (Å²) in [6.45, 7) is 5.52. The third-order valence-corrected chi connectivity index (χ3v) is 4.44. The van der Waals surface area contributed by atoms with Crippen LogP contribution < -0.4 is 10.6 Å². The van der Waals surface area contributed by atoms with E-state index in [1.165, 1.54) is 0 Å². The molecule has 2 rings (SSSR count). The highest BCUT2D eigenvalue weighted by Crippen LogP contribution is 2.31. The molecule has 0 aliphatic carbocycles. The standard InChI is InChI=1S/C10H19N3OS/c1-6(2)4-13(3)9-8-7(5-15-9)11-10(14)12-8/h6-9H,4-5H2,1-3H3,(H2,11,12,14)/t7-,8-,9?/m0/s1. The number of nitrogens with zero attached hydrogens (tertiary/aromatic N) is 1. The Balaban J connectivity index is 1.96. The molecule has 0 saturated carbocycles. The van der Waals surface area contributed by atoms with E-state index >= 15 is 0 Å². The molecule has 2 aliphatic rings.